The number of ether oxygens (including phenoxy) is 1. The number of halogens is 1. The van der Waals surface area contributed by atoms with Crippen LogP contribution in [0.25, 0.3) is 21.8 Å². The second-order valence-electron chi connectivity index (χ2n) is 9.82. The Kier molecular flexibility index (Phi) is 6.31. The van der Waals surface area contributed by atoms with Gasteiger partial charge in [-0.25, -0.2) is 24.1 Å². The number of hydrogen-bond acceptors (Lipinski definition) is 8. The van der Waals surface area contributed by atoms with Crippen molar-refractivity contribution in [2.75, 3.05) is 36.4 Å². The van der Waals surface area contributed by atoms with Crippen molar-refractivity contribution in [1.29, 1.82) is 0 Å². The summed E-state index contributed by atoms with van der Waals surface area (Å²) in [5.74, 6) is 0.318. The first-order chi connectivity index (χ1) is 16.7. The topological polar surface area (TPSA) is 83.5 Å². The van der Waals surface area contributed by atoms with E-state index in [0.717, 1.165) is 39.8 Å². The van der Waals surface area contributed by atoms with Gasteiger partial charge in [-0.1, -0.05) is 11.3 Å². The molecule has 3 aromatic rings. The van der Waals surface area contributed by atoms with Crippen LogP contribution in [0.2, 0.25) is 0 Å². The fraction of sp³-hybridized carbons (Fsp3) is 0.440. The third-order valence-corrected chi connectivity index (χ3v) is 6.87. The van der Waals surface area contributed by atoms with Crippen molar-refractivity contribution < 1.29 is 13.9 Å². The highest BCUT2D eigenvalue weighted by Crippen LogP contribution is 2.40. The minimum absolute atomic E-state index is 0.290. The number of carbonyl (C=O) groups excluding carboxylic acids is 1. The fourth-order valence-corrected chi connectivity index (χ4v) is 4.90. The summed E-state index contributed by atoms with van der Waals surface area (Å²) in [4.78, 5) is 31.3. The van der Waals surface area contributed by atoms with Crippen LogP contribution in [0, 0.1) is 5.82 Å². The van der Waals surface area contributed by atoms with Gasteiger partial charge in [0.25, 0.3) is 0 Å². The summed E-state index contributed by atoms with van der Waals surface area (Å²) in [5, 5.41) is 4.19. The molecule has 2 aliphatic rings. The van der Waals surface area contributed by atoms with Gasteiger partial charge in [0.15, 0.2) is 5.13 Å². The Balaban J connectivity index is 1.40. The minimum atomic E-state index is -0.521. The van der Waals surface area contributed by atoms with Crippen molar-refractivity contribution in [3.8, 4) is 21.8 Å². The predicted octanol–water partition coefficient (Wildman–Crippen LogP) is 5.04. The van der Waals surface area contributed by atoms with E-state index in [1.54, 1.807) is 34.6 Å². The molecule has 5 rings (SSSR count). The van der Waals surface area contributed by atoms with Crippen molar-refractivity contribution >= 4 is 28.5 Å². The number of amides is 1. The fourth-order valence-electron chi connectivity index (χ4n) is 3.79. The Morgan fingerprint density at radius 1 is 1.09 bits per heavy atom. The van der Waals surface area contributed by atoms with Crippen LogP contribution in [0.3, 0.4) is 0 Å². The number of anilines is 2. The highest BCUT2D eigenvalue weighted by Gasteiger charge is 2.28. The SMILES string of the molecule is CC(C)(C)OC(=O)N1CCN(c2nc(-c3ccc(F)cc3)c(-c3ccnc(NC4CC4)n3)s2)CC1. The zero-order valence-corrected chi connectivity index (χ0v) is 20.9. The number of rotatable bonds is 5. The maximum atomic E-state index is 13.6. The van der Waals surface area contributed by atoms with Crippen LogP contribution >= 0.6 is 11.3 Å². The maximum absolute atomic E-state index is 13.6. The zero-order valence-electron chi connectivity index (χ0n) is 20.1. The summed E-state index contributed by atoms with van der Waals surface area (Å²) >= 11 is 1.55. The second kappa shape index (κ2) is 9.41. The number of benzene rings is 1. The van der Waals surface area contributed by atoms with Crippen molar-refractivity contribution in [1.82, 2.24) is 19.9 Å². The summed E-state index contributed by atoms with van der Waals surface area (Å²) in [6.45, 7) is 8.01. The Morgan fingerprint density at radius 2 is 1.80 bits per heavy atom. The third kappa shape index (κ3) is 5.70. The van der Waals surface area contributed by atoms with Crippen LogP contribution < -0.4 is 10.2 Å². The molecule has 1 aromatic carbocycles. The predicted molar refractivity (Wildman–Crippen MR) is 135 cm³/mol. The number of hydrogen-bond donors (Lipinski definition) is 1. The average molecular weight is 497 g/mol. The molecule has 1 saturated carbocycles. The Hall–Kier alpha value is -3.27. The second-order valence-corrected chi connectivity index (χ2v) is 10.8. The molecule has 0 spiro atoms. The van der Waals surface area contributed by atoms with Gasteiger partial charge in [-0.15, -0.1) is 0 Å². The summed E-state index contributed by atoms with van der Waals surface area (Å²) in [7, 11) is 0. The van der Waals surface area contributed by atoms with E-state index >= 15 is 0 Å². The van der Waals surface area contributed by atoms with Gasteiger partial charge in [-0.3, -0.25) is 0 Å². The molecule has 35 heavy (non-hydrogen) atoms. The summed E-state index contributed by atoms with van der Waals surface area (Å²) in [6.07, 6.45) is 3.73. The maximum Gasteiger partial charge on any atom is 0.410 e. The molecule has 0 unspecified atom stereocenters. The van der Waals surface area contributed by atoms with E-state index in [1.807, 2.05) is 26.8 Å². The lowest BCUT2D eigenvalue weighted by atomic mass is 10.1. The number of nitrogens with zero attached hydrogens (tertiary/aromatic N) is 5. The minimum Gasteiger partial charge on any atom is -0.444 e. The van der Waals surface area contributed by atoms with Gasteiger partial charge in [-0.05, 0) is 63.9 Å². The highest BCUT2D eigenvalue weighted by atomic mass is 32.1. The van der Waals surface area contributed by atoms with Crippen LogP contribution in [0.15, 0.2) is 36.5 Å². The van der Waals surface area contributed by atoms with Gasteiger partial charge < -0.3 is 19.9 Å². The van der Waals surface area contributed by atoms with Gasteiger partial charge in [0.05, 0.1) is 16.3 Å². The smallest absolute Gasteiger partial charge is 0.410 e. The average Bonchev–Trinajstić information content (AvgIpc) is 3.52. The van der Waals surface area contributed by atoms with Gasteiger partial charge in [0.1, 0.15) is 11.4 Å². The number of carbonyl (C=O) groups is 1. The third-order valence-electron chi connectivity index (χ3n) is 5.73. The Bertz CT molecular complexity index is 1200. The molecular formula is C25H29FN6O2S. The van der Waals surface area contributed by atoms with E-state index in [4.69, 9.17) is 14.7 Å². The standard InChI is InChI=1S/C25H29FN6O2S/c1-25(2,3)34-24(33)32-14-12-31(13-15-32)23-30-20(16-4-6-17(26)7-5-16)21(35-23)19-10-11-27-22(29-19)28-18-8-9-18/h4-7,10-11,18H,8-9,12-15H2,1-3H3,(H,27,28,29). The summed E-state index contributed by atoms with van der Waals surface area (Å²) in [6, 6.07) is 8.68. The van der Waals surface area contributed by atoms with E-state index in [2.05, 4.69) is 15.2 Å². The number of thiazole rings is 1. The Labute approximate surface area is 208 Å². The lowest BCUT2D eigenvalue weighted by Gasteiger charge is -2.35. The molecule has 1 N–H and O–H groups in total. The van der Waals surface area contributed by atoms with Crippen LogP contribution in [0.5, 0.6) is 0 Å². The molecule has 3 heterocycles. The van der Waals surface area contributed by atoms with Crippen LogP contribution in [0.4, 0.5) is 20.3 Å². The van der Waals surface area contributed by atoms with Crippen molar-refractivity contribution in [3.05, 3.63) is 42.3 Å². The van der Waals surface area contributed by atoms with Gasteiger partial charge in [-0.2, -0.15) is 0 Å². The van der Waals surface area contributed by atoms with E-state index in [1.165, 1.54) is 12.1 Å². The largest absolute Gasteiger partial charge is 0.444 e. The van der Waals surface area contributed by atoms with Crippen LogP contribution in [-0.2, 0) is 4.74 Å². The molecular weight excluding hydrogens is 467 g/mol. The molecule has 2 aromatic heterocycles. The van der Waals surface area contributed by atoms with Gasteiger partial charge in [0, 0.05) is 44.0 Å². The summed E-state index contributed by atoms with van der Waals surface area (Å²) in [5.41, 5.74) is 1.84. The van der Waals surface area contributed by atoms with E-state index < -0.39 is 5.60 Å². The molecule has 0 bridgehead atoms. The van der Waals surface area contributed by atoms with Gasteiger partial charge in [0.2, 0.25) is 5.95 Å². The molecule has 0 atom stereocenters. The van der Waals surface area contributed by atoms with Gasteiger partial charge >= 0.3 is 6.09 Å². The first kappa shape index (κ1) is 23.5. The van der Waals surface area contributed by atoms with Crippen molar-refractivity contribution in [2.24, 2.45) is 0 Å². The van der Waals surface area contributed by atoms with E-state index in [9.17, 15) is 9.18 Å². The molecule has 1 aliphatic carbocycles. The molecule has 2 fully saturated rings. The lowest BCUT2D eigenvalue weighted by Crippen LogP contribution is -2.50. The molecule has 10 heteroatoms. The molecule has 8 nitrogen and oxygen atoms in total. The summed E-state index contributed by atoms with van der Waals surface area (Å²) < 4.78 is 19.1. The zero-order chi connectivity index (χ0) is 24.6. The molecule has 184 valence electrons. The highest BCUT2D eigenvalue weighted by molar-refractivity contribution is 7.19. The normalized spacial score (nSPS) is 16.3. The molecule has 0 radical (unpaired) electrons. The lowest BCUT2D eigenvalue weighted by molar-refractivity contribution is 0.0240. The first-order valence-corrected chi connectivity index (χ1v) is 12.7. The van der Waals surface area contributed by atoms with E-state index in [0.29, 0.717) is 38.2 Å². The van der Waals surface area contributed by atoms with Crippen molar-refractivity contribution in [3.63, 3.8) is 0 Å². The molecule has 1 saturated heterocycles. The molecule has 1 amide bonds. The van der Waals surface area contributed by atoms with Crippen molar-refractivity contribution in [2.45, 2.75) is 45.3 Å². The van der Waals surface area contributed by atoms with Crippen LogP contribution in [-0.4, -0.2) is 63.8 Å². The molecule has 1 aliphatic heterocycles. The van der Waals surface area contributed by atoms with Crippen LogP contribution in [0.1, 0.15) is 33.6 Å². The number of nitrogens with one attached hydrogen (secondary N) is 1. The first-order valence-electron chi connectivity index (χ1n) is 11.8. The monoisotopic (exact) mass is 496 g/mol. The Morgan fingerprint density at radius 3 is 2.46 bits per heavy atom. The number of piperazine rings is 1. The quantitative estimate of drug-likeness (QED) is 0.530. The number of aromatic nitrogens is 3. The van der Waals surface area contributed by atoms with E-state index in [-0.39, 0.29) is 11.9 Å².